The number of anilines is 1. The summed E-state index contributed by atoms with van der Waals surface area (Å²) in [5.41, 5.74) is 6.34. The minimum absolute atomic E-state index is 0.0455. The SMILES string of the molecule is Cc1ccc(O)c(NC(=O)C(C)C(C)N)n1. The molecule has 0 fully saturated rings. The second-order valence-corrected chi connectivity index (χ2v) is 3.96. The predicted molar refractivity (Wildman–Crippen MR) is 62.1 cm³/mol. The van der Waals surface area contributed by atoms with E-state index in [-0.39, 0.29) is 29.4 Å². The lowest BCUT2D eigenvalue weighted by atomic mass is 10.0. The van der Waals surface area contributed by atoms with E-state index in [1.54, 1.807) is 26.8 Å². The lowest BCUT2D eigenvalue weighted by molar-refractivity contribution is -0.119. The Morgan fingerprint density at radius 1 is 1.50 bits per heavy atom. The van der Waals surface area contributed by atoms with Gasteiger partial charge in [-0.25, -0.2) is 4.98 Å². The molecule has 2 unspecified atom stereocenters. The summed E-state index contributed by atoms with van der Waals surface area (Å²) in [7, 11) is 0. The van der Waals surface area contributed by atoms with Crippen molar-refractivity contribution in [3.05, 3.63) is 17.8 Å². The number of pyridine rings is 1. The average Bonchev–Trinajstić information content (AvgIpc) is 2.22. The van der Waals surface area contributed by atoms with Crippen LogP contribution >= 0.6 is 0 Å². The Labute approximate surface area is 94.7 Å². The van der Waals surface area contributed by atoms with Crippen molar-refractivity contribution in [1.82, 2.24) is 4.98 Å². The van der Waals surface area contributed by atoms with Crippen molar-refractivity contribution < 1.29 is 9.90 Å². The van der Waals surface area contributed by atoms with Crippen LogP contribution in [0.4, 0.5) is 5.82 Å². The second-order valence-electron chi connectivity index (χ2n) is 3.96. The molecule has 0 aliphatic rings. The largest absolute Gasteiger partial charge is 0.504 e. The zero-order chi connectivity index (χ0) is 12.3. The van der Waals surface area contributed by atoms with E-state index >= 15 is 0 Å². The van der Waals surface area contributed by atoms with Crippen LogP contribution in [0.1, 0.15) is 19.5 Å². The molecular formula is C11H17N3O2. The summed E-state index contributed by atoms with van der Waals surface area (Å²) < 4.78 is 0. The molecule has 2 atom stereocenters. The van der Waals surface area contributed by atoms with Crippen LogP contribution in [0.15, 0.2) is 12.1 Å². The molecule has 0 radical (unpaired) electrons. The molecule has 1 heterocycles. The summed E-state index contributed by atoms with van der Waals surface area (Å²) in [4.78, 5) is 15.7. The smallest absolute Gasteiger partial charge is 0.230 e. The molecule has 1 rings (SSSR count). The molecule has 5 heteroatoms. The lowest BCUT2D eigenvalue weighted by Gasteiger charge is -2.15. The minimum atomic E-state index is -0.332. The van der Waals surface area contributed by atoms with E-state index in [2.05, 4.69) is 10.3 Å². The first-order valence-electron chi connectivity index (χ1n) is 5.15. The van der Waals surface area contributed by atoms with Crippen molar-refractivity contribution in [2.75, 3.05) is 5.32 Å². The highest BCUT2D eigenvalue weighted by atomic mass is 16.3. The van der Waals surface area contributed by atoms with E-state index in [1.807, 2.05) is 0 Å². The van der Waals surface area contributed by atoms with Gasteiger partial charge in [0.1, 0.15) is 0 Å². The Morgan fingerprint density at radius 2 is 2.12 bits per heavy atom. The van der Waals surface area contributed by atoms with Crippen molar-refractivity contribution in [2.45, 2.75) is 26.8 Å². The topological polar surface area (TPSA) is 88.2 Å². The standard InChI is InChI=1S/C11H17N3O2/c1-6-4-5-9(15)10(13-6)14-11(16)7(2)8(3)12/h4-5,7-8,15H,12H2,1-3H3,(H,13,14,16). The number of nitrogens with zero attached hydrogens (tertiary/aromatic N) is 1. The van der Waals surface area contributed by atoms with Gasteiger partial charge in [-0.15, -0.1) is 0 Å². The zero-order valence-electron chi connectivity index (χ0n) is 9.69. The number of nitrogens with one attached hydrogen (secondary N) is 1. The van der Waals surface area contributed by atoms with Crippen LogP contribution in [0.5, 0.6) is 5.75 Å². The Balaban J connectivity index is 2.80. The Bertz CT molecular complexity index is 391. The van der Waals surface area contributed by atoms with E-state index in [9.17, 15) is 9.90 Å². The van der Waals surface area contributed by atoms with Gasteiger partial charge in [-0.1, -0.05) is 6.92 Å². The molecule has 5 nitrogen and oxygen atoms in total. The number of amides is 1. The molecule has 0 saturated carbocycles. The molecule has 1 aromatic heterocycles. The van der Waals surface area contributed by atoms with Crippen LogP contribution in [0.25, 0.3) is 0 Å². The van der Waals surface area contributed by atoms with E-state index in [0.717, 1.165) is 5.69 Å². The number of aromatic nitrogens is 1. The number of hydrogen-bond acceptors (Lipinski definition) is 4. The number of carbonyl (C=O) groups excluding carboxylic acids is 1. The molecule has 0 aliphatic carbocycles. The first kappa shape index (κ1) is 12.4. The molecule has 0 aromatic carbocycles. The molecule has 88 valence electrons. The van der Waals surface area contributed by atoms with Gasteiger partial charge in [-0.05, 0) is 26.0 Å². The van der Waals surface area contributed by atoms with Crippen molar-refractivity contribution >= 4 is 11.7 Å². The molecule has 0 spiro atoms. The van der Waals surface area contributed by atoms with Gasteiger partial charge in [0, 0.05) is 11.7 Å². The fourth-order valence-electron chi connectivity index (χ4n) is 1.11. The van der Waals surface area contributed by atoms with E-state index in [4.69, 9.17) is 5.73 Å². The van der Waals surface area contributed by atoms with E-state index in [1.165, 1.54) is 6.07 Å². The lowest BCUT2D eigenvalue weighted by Crippen LogP contribution is -2.34. The average molecular weight is 223 g/mol. The number of nitrogens with two attached hydrogens (primary N) is 1. The molecule has 0 aliphatic heterocycles. The van der Waals surface area contributed by atoms with Gasteiger partial charge in [0.25, 0.3) is 0 Å². The molecule has 0 bridgehead atoms. The summed E-state index contributed by atoms with van der Waals surface area (Å²) >= 11 is 0. The van der Waals surface area contributed by atoms with Gasteiger partial charge >= 0.3 is 0 Å². The van der Waals surface area contributed by atoms with Crippen molar-refractivity contribution in [3.8, 4) is 5.75 Å². The normalized spacial score (nSPS) is 14.2. The summed E-state index contributed by atoms with van der Waals surface area (Å²) in [5, 5.41) is 12.0. The van der Waals surface area contributed by atoms with Gasteiger partial charge in [-0.3, -0.25) is 4.79 Å². The second kappa shape index (κ2) is 4.94. The van der Waals surface area contributed by atoms with Crippen LogP contribution in [0, 0.1) is 12.8 Å². The van der Waals surface area contributed by atoms with Crippen LogP contribution in [-0.4, -0.2) is 22.0 Å². The van der Waals surface area contributed by atoms with Crippen molar-refractivity contribution in [1.29, 1.82) is 0 Å². The van der Waals surface area contributed by atoms with Gasteiger partial charge in [0.2, 0.25) is 5.91 Å². The maximum Gasteiger partial charge on any atom is 0.230 e. The van der Waals surface area contributed by atoms with Crippen LogP contribution in [-0.2, 0) is 4.79 Å². The molecule has 0 saturated heterocycles. The summed E-state index contributed by atoms with van der Waals surface area (Å²) in [6, 6.07) is 2.92. The van der Waals surface area contributed by atoms with Gasteiger partial charge in [-0.2, -0.15) is 0 Å². The molecule has 4 N–H and O–H groups in total. The maximum atomic E-state index is 11.7. The third-order valence-corrected chi connectivity index (χ3v) is 2.46. The molecule has 1 amide bonds. The van der Waals surface area contributed by atoms with Crippen LogP contribution in [0.3, 0.4) is 0 Å². The summed E-state index contributed by atoms with van der Waals surface area (Å²) in [6.07, 6.45) is 0. The molecule has 16 heavy (non-hydrogen) atoms. The quantitative estimate of drug-likeness (QED) is 0.713. The van der Waals surface area contributed by atoms with E-state index in [0.29, 0.717) is 0 Å². The first-order valence-corrected chi connectivity index (χ1v) is 5.15. The van der Waals surface area contributed by atoms with Crippen LogP contribution < -0.4 is 11.1 Å². The Morgan fingerprint density at radius 3 is 2.69 bits per heavy atom. The van der Waals surface area contributed by atoms with E-state index < -0.39 is 0 Å². The van der Waals surface area contributed by atoms with Crippen molar-refractivity contribution in [2.24, 2.45) is 11.7 Å². The van der Waals surface area contributed by atoms with Gasteiger partial charge in [0.05, 0.1) is 5.92 Å². The molecule has 1 aromatic rings. The third-order valence-electron chi connectivity index (χ3n) is 2.46. The number of rotatable bonds is 3. The number of aryl methyl sites for hydroxylation is 1. The first-order chi connectivity index (χ1) is 7.41. The highest BCUT2D eigenvalue weighted by molar-refractivity contribution is 5.93. The number of aromatic hydroxyl groups is 1. The third kappa shape index (κ3) is 2.93. The molecular weight excluding hydrogens is 206 g/mol. The summed E-state index contributed by atoms with van der Waals surface area (Å²) in [5.74, 6) is -0.446. The predicted octanol–water partition coefficient (Wildman–Crippen LogP) is 1.02. The maximum absolute atomic E-state index is 11.7. The zero-order valence-corrected chi connectivity index (χ0v) is 9.69. The number of carbonyl (C=O) groups is 1. The fraction of sp³-hybridized carbons (Fsp3) is 0.455. The Kier molecular flexibility index (Phi) is 3.84. The van der Waals surface area contributed by atoms with Crippen molar-refractivity contribution in [3.63, 3.8) is 0 Å². The monoisotopic (exact) mass is 223 g/mol. The van der Waals surface area contributed by atoms with Gasteiger partial charge in [0.15, 0.2) is 11.6 Å². The highest BCUT2D eigenvalue weighted by Gasteiger charge is 2.18. The number of hydrogen-bond donors (Lipinski definition) is 3. The summed E-state index contributed by atoms with van der Waals surface area (Å²) in [6.45, 7) is 5.27. The fourth-order valence-corrected chi connectivity index (χ4v) is 1.11. The van der Waals surface area contributed by atoms with Crippen LogP contribution in [0.2, 0.25) is 0 Å². The Hall–Kier alpha value is -1.62. The minimum Gasteiger partial charge on any atom is -0.504 e. The highest BCUT2D eigenvalue weighted by Crippen LogP contribution is 2.20. The van der Waals surface area contributed by atoms with Gasteiger partial charge < -0.3 is 16.2 Å².